The first-order valence-electron chi connectivity index (χ1n) is 7.46. The van der Waals surface area contributed by atoms with Gasteiger partial charge >= 0.3 is 0 Å². The van der Waals surface area contributed by atoms with Crippen LogP contribution in [0.3, 0.4) is 0 Å². The van der Waals surface area contributed by atoms with Gasteiger partial charge in [0, 0.05) is 17.1 Å². The van der Waals surface area contributed by atoms with Crippen molar-refractivity contribution in [2.75, 3.05) is 6.54 Å². The second-order valence-electron chi connectivity index (χ2n) is 5.86. The van der Waals surface area contributed by atoms with Crippen molar-refractivity contribution in [3.05, 3.63) is 28.8 Å². The van der Waals surface area contributed by atoms with E-state index in [-0.39, 0.29) is 30.5 Å². The highest BCUT2D eigenvalue weighted by Gasteiger charge is 2.22. The molecule has 1 aliphatic rings. The van der Waals surface area contributed by atoms with Crippen LogP contribution in [0.1, 0.15) is 44.0 Å². The third-order valence-electron chi connectivity index (χ3n) is 3.51. The molecule has 1 saturated heterocycles. The molecule has 0 spiro atoms. The molecule has 0 bridgehead atoms. The van der Waals surface area contributed by atoms with Gasteiger partial charge in [-0.15, -0.1) is 12.4 Å². The number of hydrogen-bond donors (Lipinski definition) is 2. The molecule has 1 aromatic rings. The predicted octanol–water partition coefficient (Wildman–Crippen LogP) is 3.42. The number of hydrogen-bond acceptors (Lipinski definition) is 3. The lowest BCUT2D eigenvalue weighted by atomic mass is 10.00. The van der Waals surface area contributed by atoms with E-state index in [0.717, 1.165) is 19.4 Å². The van der Waals surface area contributed by atoms with Crippen molar-refractivity contribution < 1.29 is 9.53 Å². The fourth-order valence-electron chi connectivity index (χ4n) is 2.56. The van der Waals surface area contributed by atoms with E-state index in [2.05, 4.69) is 17.6 Å². The molecule has 0 saturated carbocycles. The average Bonchev–Trinajstić information content (AvgIpc) is 2.40. The Kier molecular flexibility index (Phi) is 7.46. The van der Waals surface area contributed by atoms with E-state index >= 15 is 0 Å². The van der Waals surface area contributed by atoms with Crippen molar-refractivity contribution in [1.29, 1.82) is 0 Å². The first-order valence-corrected chi connectivity index (χ1v) is 7.84. The molecule has 0 radical (unpaired) electrons. The first kappa shape index (κ1) is 19.1. The molecule has 1 aromatic carbocycles. The lowest BCUT2D eigenvalue weighted by Crippen LogP contribution is -2.46. The Morgan fingerprint density at radius 1 is 1.45 bits per heavy atom. The first-order chi connectivity index (χ1) is 9.95. The number of carbonyl (C=O) groups excluding carboxylic acids is 1. The standard InChI is InChI=1S/C16H23ClN2O2.ClH/c1-10(2)21-15-5-4-12(17)9-14(15)16(20)19-13-6-7-18-11(3)8-13;/h4-5,9-11,13,18H,6-8H2,1-3H3,(H,19,20);1H. The van der Waals surface area contributed by atoms with Crippen molar-refractivity contribution in [3.63, 3.8) is 0 Å². The molecule has 2 atom stereocenters. The molecule has 0 aromatic heterocycles. The number of nitrogens with one attached hydrogen (secondary N) is 2. The van der Waals surface area contributed by atoms with Crippen LogP contribution >= 0.6 is 24.0 Å². The van der Waals surface area contributed by atoms with Crippen LogP contribution in [0.25, 0.3) is 0 Å². The summed E-state index contributed by atoms with van der Waals surface area (Å²) in [7, 11) is 0. The van der Waals surface area contributed by atoms with Crippen molar-refractivity contribution in [2.24, 2.45) is 0 Å². The van der Waals surface area contributed by atoms with Crippen molar-refractivity contribution in [1.82, 2.24) is 10.6 Å². The Morgan fingerprint density at radius 2 is 2.18 bits per heavy atom. The highest BCUT2D eigenvalue weighted by Crippen LogP contribution is 2.24. The molecular formula is C16H24Cl2N2O2. The van der Waals surface area contributed by atoms with Gasteiger partial charge in [0.2, 0.25) is 0 Å². The number of piperidine rings is 1. The molecule has 1 aliphatic heterocycles. The summed E-state index contributed by atoms with van der Waals surface area (Å²) in [4.78, 5) is 12.5. The summed E-state index contributed by atoms with van der Waals surface area (Å²) < 4.78 is 5.70. The smallest absolute Gasteiger partial charge is 0.255 e. The van der Waals surface area contributed by atoms with E-state index in [9.17, 15) is 4.79 Å². The normalized spacial score (nSPS) is 21.1. The number of rotatable bonds is 4. The van der Waals surface area contributed by atoms with E-state index in [0.29, 0.717) is 22.4 Å². The Balaban J connectivity index is 0.00000242. The average molecular weight is 347 g/mol. The summed E-state index contributed by atoms with van der Waals surface area (Å²) in [5.41, 5.74) is 0.502. The maximum Gasteiger partial charge on any atom is 0.255 e. The minimum absolute atomic E-state index is 0. The number of carbonyl (C=O) groups is 1. The fourth-order valence-corrected chi connectivity index (χ4v) is 2.73. The summed E-state index contributed by atoms with van der Waals surface area (Å²) in [6, 6.07) is 5.78. The largest absolute Gasteiger partial charge is 0.490 e. The minimum Gasteiger partial charge on any atom is -0.490 e. The molecule has 1 fully saturated rings. The third kappa shape index (κ3) is 5.34. The highest BCUT2D eigenvalue weighted by atomic mass is 35.5. The molecule has 1 heterocycles. The fraction of sp³-hybridized carbons (Fsp3) is 0.562. The molecule has 2 rings (SSSR count). The van der Waals surface area contributed by atoms with Gasteiger partial charge in [0.05, 0.1) is 11.7 Å². The predicted molar refractivity (Wildman–Crippen MR) is 92.4 cm³/mol. The van der Waals surface area contributed by atoms with Crippen LogP contribution in [0, 0.1) is 0 Å². The SMILES string of the molecule is CC1CC(NC(=O)c2cc(Cl)ccc2OC(C)C)CCN1.Cl. The zero-order valence-electron chi connectivity index (χ0n) is 13.2. The van der Waals surface area contributed by atoms with Crippen molar-refractivity contribution in [3.8, 4) is 5.75 Å². The number of halogens is 2. The maximum absolute atomic E-state index is 12.5. The van der Waals surface area contributed by atoms with Gasteiger partial charge in [-0.05, 0) is 58.4 Å². The van der Waals surface area contributed by atoms with Crippen LogP contribution in [-0.4, -0.2) is 30.6 Å². The van der Waals surface area contributed by atoms with Gasteiger partial charge in [-0.25, -0.2) is 0 Å². The van der Waals surface area contributed by atoms with Crippen LogP contribution < -0.4 is 15.4 Å². The van der Waals surface area contributed by atoms with Gasteiger partial charge in [0.1, 0.15) is 5.75 Å². The highest BCUT2D eigenvalue weighted by molar-refractivity contribution is 6.31. The van der Waals surface area contributed by atoms with E-state index in [4.69, 9.17) is 16.3 Å². The summed E-state index contributed by atoms with van der Waals surface area (Å²) >= 11 is 6.02. The van der Waals surface area contributed by atoms with Crippen LogP contribution in [0.15, 0.2) is 18.2 Å². The van der Waals surface area contributed by atoms with Gasteiger partial charge < -0.3 is 15.4 Å². The van der Waals surface area contributed by atoms with Crippen LogP contribution in [0.2, 0.25) is 5.02 Å². The van der Waals surface area contributed by atoms with Gasteiger partial charge in [0.15, 0.2) is 0 Å². The Labute approximate surface area is 143 Å². The molecule has 2 N–H and O–H groups in total. The zero-order chi connectivity index (χ0) is 15.4. The van der Waals surface area contributed by atoms with Gasteiger partial charge in [-0.1, -0.05) is 11.6 Å². The maximum atomic E-state index is 12.5. The summed E-state index contributed by atoms with van der Waals surface area (Å²) in [6.07, 6.45) is 1.89. The van der Waals surface area contributed by atoms with Crippen molar-refractivity contribution >= 4 is 29.9 Å². The Bertz CT molecular complexity index is 509. The second kappa shape index (κ2) is 8.61. The Hall–Kier alpha value is -0.970. The number of amides is 1. The quantitative estimate of drug-likeness (QED) is 0.878. The minimum atomic E-state index is -0.118. The van der Waals surface area contributed by atoms with E-state index in [1.165, 1.54) is 0 Å². The lowest BCUT2D eigenvalue weighted by molar-refractivity contribution is 0.0920. The molecule has 1 amide bonds. The third-order valence-corrected chi connectivity index (χ3v) is 3.74. The van der Waals surface area contributed by atoms with E-state index in [1.807, 2.05) is 13.8 Å². The number of benzene rings is 1. The van der Waals surface area contributed by atoms with Crippen LogP contribution in [0.4, 0.5) is 0 Å². The monoisotopic (exact) mass is 346 g/mol. The van der Waals surface area contributed by atoms with Gasteiger partial charge in [-0.2, -0.15) is 0 Å². The number of ether oxygens (including phenoxy) is 1. The molecule has 0 aliphatic carbocycles. The summed E-state index contributed by atoms with van der Waals surface area (Å²) in [5.74, 6) is 0.459. The van der Waals surface area contributed by atoms with E-state index in [1.54, 1.807) is 18.2 Å². The van der Waals surface area contributed by atoms with Crippen molar-refractivity contribution in [2.45, 2.75) is 51.8 Å². The molecule has 22 heavy (non-hydrogen) atoms. The summed E-state index contributed by atoms with van der Waals surface area (Å²) in [5, 5.41) is 7.00. The topological polar surface area (TPSA) is 50.4 Å². The lowest BCUT2D eigenvalue weighted by Gasteiger charge is -2.29. The molecule has 124 valence electrons. The van der Waals surface area contributed by atoms with Gasteiger partial charge in [-0.3, -0.25) is 4.79 Å². The molecule has 2 unspecified atom stereocenters. The molecular weight excluding hydrogens is 323 g/mol. The van der Waals surface area contributed by atoms with Crippen LogP contribution in [0.5, 0.6) is 5.75 Å². The Morgan fingerprint density at radius 3 is 2.82 bits per heavy atom. The van der Waals surface area contributed by atoms with Gasteiger partial charge in [0.25, 0.3) is 5.91 Å². The summed E-state index contributed by atoms with van der Waals surface area (Å²) in [6.45, 7) is 6.93. The van der Waals surface area contributed by atoms with Crippen LogP contribution in [-0.2, 0) is 0 Å². The molecule has 4 nitrogen and oxygen atoms in total. The van der Waals surface area contributed by atoms with E-state index < -0.39 is 0 Å². The second-order valence-corrected chi connectivity index (χ2v) is 6.29. The molecule has 6 heteroatoms. The zero-order valence-corrected chi connectivity index (χ0v) is 14.8.